The van der Waals surface area contributed by atoms with Gasteiger partial charge in [-0.1, -0.05) is 18.2 Å². The summed E-state index contributed by atoms with van der Waals surface area (Å²) >= 11 is 0. The minimum atomic E-state index is 0.924. The third kappa shape index (κ3) is 2.87. The lowest BCUT2D eigenvalue weighted by Crippen LogP contribution is -2.46. The summed E-state index contributed by atoms with van der Waals surface area (Å²) in [5, 5.41) is 1.25. The zero-order chi connectivity index (χ0) is 16.5. The van der Waals surface area contributed by atoms with Crippen molar-refractivity contribution >= 4 is 16.6 Å². The lowest BCUT2D eigenvalue weighted by molar-refractivity contribution is 0.242. The predicted molar refractivity (Wildman–Crippen MR) is 97.2 cm³/mol. The summed E-state index contributed by atoms with van der Waals surface area (Å²) in [7, 11) is 2.06. The molecule has 0 spiro atoms. The first-order valence-corrected chi connectivity index (χ1v) is 8.50. The van der Waals surface area contributed by atoms with Crippen molar-refractivity contribution in [3.05, 3.63) is 54.2 Å². The Morgan fingerprint density at radius 3 is 2.62 bits per heavy atom. The molecule has 0 bridgehead atoms. The zero-order valence-corrected chi connectivity index (χ0v) is 14.3. The second-order valence-corrected chi connectivity index (χ2v) is 6.52. The van der Waals surface area contributed by atoms with Crippen molar-refractivity contribution in [3.63, 3.8) is 0 Å². The Morgan fingerprint density at radius 2 is 1.88 bits per heavy atom. The van der Waals surface area contributed by atoms with Gasteiger partial charge in [-0.15, -0.1) is 0 Å². The Kier molecular flexibility index (Phi) is 3.94. The highest BCUT2D eigenvalue weighted by Gasteiger charge is 2.20. The molecule has 3 aromatic rings. The van der Waals surface area contributed by atoms with Crippen molar-refractivity contribution in [2.75, 3.05) is 31.1 Å². The molecule has 0 aliphatic carbocycles. The zero-order valence-electron chi connectivity index (χ0n) is 14.3. The highest BCUT2D eigenvalue weighted by Crippen LogP contribution is 2.27. The molecule has 0 amide bonds. The maximum Gasteiger partial charge on any atom is 0.122 e. The van der Waals surface area contributed by atoms with Crippen LogP contribution in [0.1, 0.15) is 11.5 Å². The largest absolute Gasteiger partial charge is 0.368 e. The van der Waals surface area contributed by atoms with E-state index in [4.69, 9.17) is 0 Å². The summed E-state index contributed by atoms with van der Waals surface area (Å²) in [6.07, 6.45) is 3.88. The van der Waals surface area contributed by atoms with Crippen LogP contribution < -0.4 is 4.90 Å². The van der Waals surface area contributed by atoms with Crippen LogP contribution in [-0.4, -0.2) is 45.6 Å². The van der Waals surface area contributed by atoms with E-state index in [2.05, 4.69) is 68.6 Å². The molecular formula is C19H23N5. The van der Waals surface area contributed by atoms with Crippen LogP contribution in [0.25, 0.3) is 10.9 Å². The van der Waals surface area contributed by atoms with Gasteiger partial charge in [-0.05, 0) is 19.1 Å². The Bertz CT molecular complexity index is 846. The predicted octanol–water partition coefficient (Wildman–Crippen LogP) is 2.60. The summed E-state index contributed by atoms with van der Waals surface area (Å²) in [4.78, 5) is 14.1. The molecule has 5 nitrogen and oxygen atoms in total. The fourth-order valence-corrected chi connectivity index (χ4v) is 3.44. The third-order valence-corrected chi connectivity index (χ3v) is 4.82. The van der Waals surface area contributed by atoms with Gasteiger partial charge in [-0.2, -0.15) is 0 Å². The first-order chi connectivity index (χ1) is 11.7. The Morgan fingerprint density at radius 1 is 1.08 bits per heavy atom. The quantitative estimate of drug-likeness (QED) is 0.743. The molecular weight excluding hydrogens is 298 g/mol. The van der Waals surface area contributed by atoms with Gasteiger partial charge in [0, 0.05) is 62.4 Å². The molecule has 3 heterocycles. The van der Waals surface area contributed by atoms with E-state index in [1.165, 1.54) is 11.1 Å². The number of imidazole rings is 1. The number of piperazine rings is 1. The van der Waals surface area contributed by atoms with Crippen LogP contribution >= 0.6 is 0 Å². The highest BCUT2D eigenvalue weighted by molar-refractivity contribution is 5.92. The molecule has 1 fully saturated rings. The number of fused-ring (bicyclic) bond motifs is 1. The standard InChI is InChI=1S/C19H23N5/c1-15-13-18(16-5-3-4-6-17(16)21-15)24-11-9-23(10-12-24)14-19-20-7-8-22(19)2/h3-8,13H,9-12,14H2,1-2H3. The van der Waals surface area contributed by atoms with Crippen molar-refractivity contribution in [1.29, 1.82) is 0 Å². The number of hydrogen-bond donors (Lipinski definition) is 0. The number of pyridine rings is 1. The van der Waals surface area contributed by atoms with Gasteiger partial charge < -0.3 is 9.47 Å². The topological polar surface area (TPSA) is 37.2 Å². The molecule has 0 radical (unpaired) electrons. The van der Waals surface area contributed by atoms with Crippen LogP contribution in [0, 0.1) is 6.92 Å². The van der Waals surface area contributed by atoms with E-state index in [-0.39, 0.29) is 0 Å². The molecule has 124 valence electrons. The molecule has 24 heavy (non-hydrogen) atoms. The average Bonchev–Trinajstić information content (AvgIpc) is 3.00. The van der Waals surface area contributed by atoms with Gasteiger partial charge in [-0.25, -0.2) is 4.98 Å². The van der Waals surface area contributed by atoms with Crippen molar-refractivity contribution in [2.24, 2.45) is 7.05 Å². The van der Waals surface area contributed by atoms with E-state index in [1.54, 1.807) is 0 Å². The molecule has 5 heteroatoms. The van der Waals surface area contributed by atoms with Crippen LogP contribution in [-0.2, 0) is 13.6 Å². The first kappa shape index (κ1) is 15.1. The van der Waals surface area contributed by atoms with Crippen molar-refractivity contribution in [1.82, 2.24) is 19.4 Å². The van der Waals surface area contributed by atoms with E-state index in [9.17, 15) is 0 Å². The smallest absolute Gasteiger partial charge is 0.122 e. The van der Waals surface area contributed by atoms with Gasteiger partial charge in [0.25, 0.3) is 0 Å². The van der Waals surface area contributed by atoms with E-state index >= 15 is 0 Å². The molecule has 2 aromatic heterocycles. The summed E-state index contributed by atoms with van der Waals surface area (Å²) in [5.41, 5.74) is 3.48. The molecule has 1 saturated heterocycles. The van der Waals surface area contributed by atoms with E-state index in [0.717, 1.165) is 49.8 Å². The summed E-state index contributed by atoms with van der Waals surface area (Å²) in [6, 6.07) is 10.7. The van der Waals surface area contributed by atoms with Crippen molar-refractivity contribution in [2.45, 2.75) is 13.5 Å². The lowest BCUT2D eigenvalue weighted by Gasteiger charge is -2.36. The maximum atomic E-state index is 4.66. The Hall–Kier alpha value is -2.40. The molecule has 0 saturated carbocycles. The van der Waals surface area contributed by atoms with Gasteiger partial charge in [0.1, 0.15) is 5.82 Å². The Labute approximate surface area is 142 Å². The number of para-hydroxylation sites is 1. The molecule has 1 aliphatic rings. The van der Waals surface area contributed by atoms with Crippen LogP contribution in [0.2, 0.25) is 0 Å². The van der Waals surface area contributed by atoms with E-state index in [0.29, 0.717) is 0 Å². The van der Waals surface area contributed by atoms with Gasteiger partial charge in [0.15, 0.2) is 0 Å². The molecule has 0 unspecified atom stereocenters. The number of anilines is 1. The van der Waals surface area contributed by atoms with Crippen LogP contribution in [0.15, 0.2) is 42.7 Å². The SMILES string of the molecule is Cc1cc(N2CCN(Cc3nccn3C)CC2)c2ccccc2n1. The van der Waals surface area contributed by atoms with E-state index < -0.39 is 0 Å². The molecule has 1 aromatic carbocycles. The van der Waals surface area contributed by atoms with Crippen LogP contribution in [0.3, 0.4) is 0 Å². The fourth-order valence-electron chi connectivity index (χ4n) is 3.44. The Balaban J connectivity index is 1.51. The minimum Gasteiger partial charge on any atom is -0.368 e. The van der Waals surface area contributed by atoms with Gasteiger partial charge in [-0.3, -0.25) is 9.88 Å². The summed E-state index contributed by atoms with van der Waals surface area (Å²) in [5.74, 6) is 1.13. The lowest BCUT2D eigenvalue weighted by atomic mass is 10.1. The first-order valence-electron chi connectivity index (χ1n) is 8.50. The third-order valence-electron chi connectivity index (χ3n) is 4.82. The maximum absolute atomic E-state index is 4.66. The highest BCUT2D eigenvalue weighted by atomic mass is 15.3. The number of benzene rings is 1. The van der Waals surface area contributed by atoms with Crippen LogP contribution in [0.4, 0.5) is 5.69 Å². The summed E-state index contributed by atoms with van der Waals surface area (Å²) < 4.78 is 2.10. The monoisotopic (exact) mass is 321 g/mol. The summed E-state index contributed by atoms with van der Waals surface area (Å²) in [6.45, 7) is 7.20. The molecule has 0 atom stereocenters. The minimum absolute atomic E-state index is 0.924. The second-order valence-electron chi connectivity index (χ2n) is 6.52. The normalized spacial score (nSPS) is 16.0. The van der Waals surface area contributed by atoms with Crippen molar-refractivity contribution in [3.8, 4) is 0 Å². The second kappa shape index (κ2) is 6.24. The number of aromatic nitrogens is 3. The number of nitrogens with zero attached hydrogens (tertiary/aromatic N) is 5. The van der Waals surface area contributed by atoms with Crippen molar-refractivity contribution < 1.29 is 0 Å². The molecule has 1 aliphatic heterocycles. The number of hydrogen-bond acceptors (Lipinski definition) is 4. The van der Waals surface area contributed by atoms with Gasteiger partial charge in [0.05, 0.1) is 12.1 Å². The number of aryl methyl sites for hydroxylation is 2. The van der Waals surface area contributed by atoms with E-state index in [1.807, 2.05) is 12.4 Å². The molecule has 0 N–H and O–H groups in total. The van der Waals surface area contributed by atoms with Crippen LogP contribution in [0.5, 0.6) is 0 Å². The van der Waals surface area contributed by atoms with Gasteiger partial charge >= 0.3 is 0 Å². The fraction of sp³-hybridized carbons (Fsp3) is 0.368. The average molecular weight is 321 g/mol. The molecule has 4 rings (SSSR count). The van der Waals surface area contributed by atoms with Gasteiger partial charge in [0.2, 0.25) is 0 Å². The number of rotatable bonds is 3.